The molecule has 0 aromatic heterocycles. The average Bonchev–Trinajstić information content (AvgIpc) is 2.60. The molecule has 1 N–H and O–H groups in total. The van der Waals surface area contributed by atoms with Gasteiger partial charge in [0.25, 0.3) is 5.91 Å². The molecule has 5 rings (SSSR count). The van der Waals surface area contributed by atoms with E-state index in [2.05, 4.69) is 12.2 Å². The quantitative estimate of drug-likeness (QED) is 0.595. The molecule has 1 aromatic rings. The van der Waals surface area contributed by atoms with E-state index in [1.54, 1.807) is 13.0 Å². The molecule has 1 aromatic carbocycles. The Labute approximate surface area is 159 Å². The Morgan fingerprint density at radius 2 is 1.85 bits per heavy atom. The van der Waals surface area contributed by atoms with Gasteiger partial charge in [-0.15, -0.1) is 0 Å². The first-order valence-corrected chi connectivity index (χ1v) is 10.1. The summed E-state index contributed by atoms with van der Waals surface area (Å²) in [5.41, 5.74) is 0.371. The van der Waals surface area contributed by atoms with Gasteiger partial charge in [-0.2, -0.15) is 0 Å². The summed E-state index contributed by atoms with van der Waals surface area (Å²) in [5, 5.41) is 14.5. The Balaban J connectivity index is 1.50. The maximum atomic E-state index is 12.8. The van der Waals surface area contributed by atoms with Crippen molar-refractivity contribution in [3.8, 4) is 5.75 Å². The highest BCUT2D eigenvalue weighted by atomic mass is 16.6. The number of nitrogens with zero attached hydrogens (tertiary/aromatic N) is 1. The molecule has 146 valence electrons. The van der Waals surface area contributed by atoms with Crippen molar-refractivity contribution in [2.45, 2.75) is 58.4 Å². The minimum absolute atomic E-state index is 0.0871. The second-order valence-corrected chi connectivity index (χ2v) is 8.85. The first-order valence-electron chi connectivity index (χ1n) is 10.1. The molecular formula is C21H28N2O4. The van der Waals surface area contributed by atoms with Crippen LogP contribution >= 0.6 is 0 Å². The normalized spacial score (nSPS) is 32.1. The number of hydrogen-bond donors (Lipinski definition) is 1. The van der Waals surface area contributed by atoms with Crippen LogP contribution in [0, 0.1) is 33.3 Å². The average molecular weight is 372 g/mol. The molecule has 4 aliphatic carbocycles. The van der Waals surface area contributed by atoms with E-state index in [1.807, 2.05) is 0 Å². The third kappa shape index (κ3) is 3.30. The maximum absolute atomic E-state index is 12.8. The Morgan fingerprint density at radius 3 is 2.37 bits per heavy atom. The number of carbonyl (C=O) groups is 1. The van der Waals surface area contributed by atoms with Crippen LogP contribution in [0.3, 0.4) is 0 Å². The van der Waals surface area contributed by atoms with E-state index in [9.17, 15) is 14.9 Å². The summed E-state index contributed by atoms with van der Waals surface area (Å²) in [4.78, 5) is 23.6. The van der Waals surface area contributed by atoms with Crippen LogP contribution in [-0.4, -0.2) is 23.5 Å². The predicted octanol–water partition coefficient (Wildman–Crippen LogP) is 4.33. The minimum Gasteiger partial charge on any atom is -0.487 e. The number of nitro groups is 1. The summed E-state index contributed by atoms with van der Waals surface area (Å²) in [6.07, 6.45) is 7.73. The fraction of sp³-hybridized carbons (Fsp3) is 0.667. The van der Waals surface area contributed by atoms with Crippen molar-refractivity contribution in [2.75, 3.05) is 6.61 Å². The van der Waals surface area contributed by atoms with E-state index >= 15 is 0 Å². The molecule has 1 atom stereocenters. The summed E-state index contributed by atoms with van der Waals surface area (Å²) < 4.78 is 5.31. The molecule has 4 fully saturated rings. The topological polar surface area (TPSA) is 81.5 Å². The summed E-state index contributed by atoms with van der Waals surface area (Å²) in [6, 6.07) is 4.54. The van der Waals surface area contributed by atoms with Crippen LogP contribution in [0.25, 0.3) is 0 Å². The Hall–Kier alpha value is -2.11. The zero-order chi connectivity index (χ0) is 19.2. The lowest BCUT2D eigenvalue weighted by molar-refractivity contribution is -0.385. The number of hydrogen-bond acceptors (Lipinski definition) is 4. The number of nitro benzene ring substituents is 1. The molecule has 0 heterocycles. The number of ether oxygens (including phenoxy) is 1. The molecule has 4 saturated carbocycles. The van der Waals surface area contributed by atoms with Crippen LogP contribution in [0.2, 0.25) is 0 Å². The Bertz CT molecular complexity index is 725. The molecule has 4 bridgehead atoms. The summed E-state index contributed by atoms with van der Waals surface area (Å²) in [5.74, 6) is 2.43. The van der Waals surface area contributed by atoms with E-state index in [4.69, 9.17) is 4.74 Å². The van der Waals surface area contributed by atoms with Crippen molar-refractivity contribution in [2.24, 2.45) is 23.2 Å². The zero-order valence-corrected chi connectivity index (χ0v) is 16.1. The molecule has 4 aliphatic rings. The highest BCUT2D eigenvalue weighted by Gasteiger charge is 2.53. The van der Waals surface area contributed by atoms with Crippen molar-refractivity contribution in [1.29, 1.82) is 0 Å². The zero-order valence-electron chi connectivity index (χ0n) is 16.1. The lowest BCUT2D eigenvalue weighted by atomic mass is 9.48. The first-order chi connectivity index (χ1) is 12.9. The third-order valence-corrected chi connectivity index (χ3v) is 7.07. The van der Waals surface area contributed by atoms with Crippen molar-refractivity contribution < 1.29 is 14.5 Å². The predicted molar refractivity (Wildman–Crippen MR) is 102 cm³/mol. The second-order valence-electron chi connectivity index (χ2n) is 8.85. The van der Waals surface area contributed by atoms with Crippen LogP contribution in [0.15, 0.2) is 18.2 Å². The SMILES string of the molecule is CCOc1ccc(C(=O)NC(C)C23CC4CC(CC(C4)C2)C3)cc1[N+](=O)[O-]. The standard InChI is InChI=1S/C21H28N2O4/c1-3-27-19-5-4-17(9-18(19)23(25)26)20(24)22-13(2)21-10-14-6-15(11-21)8-16(7-14)12-21/h4-5,9,13-16H,3,6-8,10-12H2,1-2H3,(H,22,24). The van der Waals surface area contributed by atoms with Gasteiger partial charge in [0.1, 0.15) is 0 Å². The van der Waals surface area contributed by atoms with E-state index < -0.39 is 4.92 Å². The number of amides is 1. The van der Waals surface area contributed by atoms with Gasteiger partial charge in [-0.25, -0.2) is 0 Å². The molecule has 6 heteroatoms. The van der Waals surface area contributed by atoms with Crippen LogP contribution in [-0.2, 0) is 0 Å². The van der Waals surface area contributed by atoms with Gasteiger partial charge in [-0.05, 0) is 87.7 Å². The van der Waals surface area contributed by atoms with Gasteiger partial charge in [0.2, 0.25) is 0 Å². The molecule has 6 nitrogen and oxygen atoms in total. The molecule has 27 heavy (non-hydrogen) atoms. The fourth-order valence-electron chi connectivity index (χ4n) is 6.22. The summed E-state index contributed by atoms with van der Waals surface area (Å²) in [6.45, 7) is 4.24. The van der Waals surface area contributed by atoms with E-state index in [0.717, 1.165) is 17.8 Å². The molecule has 0 radical (unpaired) electrons. The number of rotatable bonds is 6. The number of benzene rings is 1. The van der Waals surface area contributed by atoms with Crippen molar-refractivity contribution in [3.05, 3.63) is 33.9 Å². The lowest BCUT2D eigenvalue weighted by Gasteiger charge is -2.59. The minimum atomic E-state index is -0.496. The van der Waals surface area contributed by atoms with Crippen LogP contribution in [0.5, 0.6) is 5.75 Å². The van der Waals surface area contributed by atoms with Gasteiger partial charge in [0, 0.05) is 17.7 Å². The van der Waals surface area contributed by atoms with E-state index in [1.165, 1.54) is 50.7 Å². The van der Waals surface area contributed by atoms with Crippen molar-refractivity contribution >= 4 is 11.6 Å². The molecule has 0 aliphatic heterocycles. The van der Waals surface area contributed by atoms with Crippen LogP contribution in [0.4, 0.5) is 5.69 Å². The molecule has 0 spiro atoms. The number of nitrogens with one attached hydrogen (secondary N) is 1. The van der Waals surface area contributed by atoms with Gasteiger partial charge >= 0.3 is 5.69 Å². The molecular weight excluding hydrogens is 344 g/mol. The smallest absolute Gasteiger partial charge is 0.311 e. The van der Waals surface area contributed by atoms with Gasteiger partial charge in [0.05, 0.1) is 11.5 Å². The Morgan fingerprint density at radius 1 is 1.26 bits per heavy atom. The van der Waals surface area contributed by atoms with Gasteiger partial charge in [-0.1, -0.05) is 0 Å². The third-order valence-electron chi connectivity index (χ3n) is 7.07. The largest absolute Gasteiger partial charge is 0.487 e. The van der Waals surface area contributed by atoms with Gasteiger partial charge < -0.3 is 10.1 Å². The molecule has 0 saturated heterocycles. The summed E-state index contributed by atoms with van der Waals surface area (Å²) >= 11 is 0. The van der Waals surface area contributed by atoms with Crippen molar-refractivity contribution in [1.82, 2.24) is 5.32 Å². The Kier molecular flexibility index (Phi) is 4.60. The highest BCUT2D eigenvalue weighted by Crippen LogP contribution is 2.61. The first kappa shape index (κ1) is 18.3. The molecule has 1 unspecified atom stereocenters. The second kappa shape index (κ2) is 6.80. The van der Waals surface area contributed by atoms with E-state index in [0.29, 0.717) is 12.2 Å². The monoisotopic (exact) mass is 372 g/mol. The van der Waals surface area contributed by atoms with Crippen LogP contribution in [0.1, 0.15) is 62.7 Å². The molecule has 1 amide bonds. The van der Waals surface area contributed by atoms with E-state index in [-0.39, 0.29) is 28.8 Å². The maximum Gasteiger partial charge on any atom is 0.311 e. The van der Waals surface area contributed by atoms with Crippen molar-refractivity contribution in [3.63, 3.8) is 0 Å². The number of carbonyl (C=O) groups excluding carboxylic acids is 1. The van der Waals surface area contributed by atoms with Gasteiger partial charge in [-0.3, -0.25) is 14.9 Å². The highest BCUT2D eigenvalue weighted by molar-refractivity contribution is 5.95. The lowest BCUT2D eigenvalue weighted by Crippen LogP contribution is -2.55. The van der Waals surface area contributed by atoms with Gasteiger partial charge in [0.15, 0.2) is 5.75 Å². The fourth-order valence-corrected chi connectivity index (χ4v) is 6.22. The van der Waals surface area contributed by atoms with Crippen LogP contribution < -0.4 is 10.1 Å². The summed E-state index contributed by atoms with van der Waals surface area (Å²) in [7, 11) is 0.